The molecule has 2 aliphatic rings. The van der Waals surface area contributed by atoms with Crippen molar-refractivity contribution >= 4 is 0 Å². The molecule has 94 valence electrons. The topological polar surface area (TPSA) is 55.9 Å². The molecule has 2 aromatic heterocycles. The first-order valence-electron chi connectivity index (χ1n) is 6.20. The highest BCUT2D eigenvalue weighted by atomic mass is 19.1. The van der Waals surface area contributed by atoms with E-state index in [1.807, 2.05) is 0 Å². The van der Waals surface area contributed by atoms with Crippen molar-refractivity contribution in [2.75, 3.05) is 6.54 Å². The second kappa shape index (κ2) is 3.65. The Morgan fingerprint density at radius 3 is 3.39 bits per heavy atom. The smallest absolute Gasteiger partial charge is 0.135 e. The Balaban J connectivity index is 1.97. The highest BCUT2D eigenvalue weighted by Crippen LogP contribution is 2.33. The number of rotatable bonds is 0. The van der Waals surface area contributed by atoms with Gasteiger partial charge in [0.1, 0.15) is 18.1 Å². The molecule has 2 aromatic rings. The van der Waals surface area contributed by atoms with Gasteiger partial charge in [0, 0.05) is 37.1 Å². The Morgan fingerprint density at radius 2 is 2.44 bits per heavy atom. The SMILES string of the molecule is FC1Cc2conc2-c2c3c(nn2C1)CCNC3. The summed E-state index contributed by atoms with van der Waals surface area (Å²) in [6, 6.07) is 0. The molecule has 0 fully saturated rings. The van der Waals surface area contributed by atoms with Gasteiger partial charge < -0.3 is 9.84 Å². The summed E-state index contributed by atoms with van der Waals surface area (Å²) in [6.45, 7) is 2.00. The largest absolute Gasteiger partial charge is 0.364 e. The third kappa shape index (κ3) is 1.35. The van der Waals surface area contributed by atoms with E-state index in [-0.39, 0.29) is 0 Å². The molecule has 18 heavy (non-hydrogen) atoms. The van der Waals surface area contributed by atoms with E-state index >= 15 is 0 Å². The second-order valence-electron chi connectivity index (χ2n) is 4.87. The molecule has 0 radical (unpaired) electrons. The molecule has 1 N–H and O–H groups in total. The quantitative estimate of drug-likeness (QED) is 0.758. The van der Waals surface area contributed by atoms with Gasteiger partial charge in [0.05, 0.1) is 17.9 Å². The van der Waals surface area contributed by atoms with Crippen molar-refractivity contribution in [3.8, 4) is 11.4 Å². The summed E-state index contributed by atoms with van der Waals surface area (Å²) < 4.78 is 20.7. The average molecular weight is 248 g/mol. The predicted molar refractivity (Wildman–Crippen MR) is 61.7 cm³/mol. The molecule has 4 heterocycles. The number of hydrogen-bond acceptors (Lipinski definition) is 4. The van der Waals surface area contributed by atoms with Crippen molar-refractivity contribution in [1.29, 1.82) is 0 Å². The van der Waals surface area contributed by atoms with Crippen LogP contribution in [0.1, 0.15) is 16.8 Å². The summed E-state index contributed by atoms with van der Waals surface area (Å²) in [5, 5.41) is 11.9. The van der Waals surface area contributed by atoms with E-state index in [9.17, 15) is 4.39 Å². The third-order valence-corrected chi connectivity index (χ3v) is 3.65. The molecule has 0 aliphatic carbocycles. The number of alkyl halides is 1. The normalized spacial score (nSPS) is 21.9. The van der Waals surface area contributed by atoms with Crippen LogP contribution in [-0.2, 0) is 25.9 Å². The van der Waals surface area contributed by atoms with Gasteiger partial charge in [0.2, 0.25) is 0 Å². The molecule has 0 saturated carbocycles. The van der Waals surface area contributed by atoms with Crippen molar-refractivity contribution in [3.05, 3.63) is 23.1 Å². The van der Waals surface area contributed by atoms with E-state index < -0.39 is 6.17 Å². The number of nitrogens with zero attached hydrogens (tertiary/aromatic N) is 3. The van der Waals surface area contributed by atoms with E-state index in [0.717, 1.165) is 47.7 Å². The summed E-state index contributed by atoms with van der Waals surface area (Å²) in [5.41, 5.74) is 4.74. The number of hydrogen-bond donors (Lipinski definition) is 1. The van der Waals surface area contributed by atoms with E-state index in [1.165, 1.54) is 0 Å². The monoisotopic (exact) mass is 248 g/mol. The Bertz CT molecular complexity index is 603. The molecule has 6 heteroatoms. The molecular weight excluding hydrogens is 235 g/mol. The van der Waals surface area contributed by atoms with Gasteiger partial charge in [0.25, 0.3) is 0 Å². The Morgan fingerprint density at radius 1 is 1.50 bits per heavy atom. The minimum absolute atomic E-state index is 0.304. The summed E-state index contributed by atoms with van der Waals surface area (Å²) in [6.07, 6.45) is 1.86. The van der Waals surface area contributed by atoms with Gasteiger partial charge in [-0.2, -0.15) is 5.10 Å². The van der Waals surface area contributed by atoms with Gasteiger partial charge in [-0.3, -0.25) is 4.68 Å². The first-order chi connectivity index (χ1) is 8.83. The van der Waals surface area contributed by atoms with Crippen LogP contribution in [0, 0.1) is 0 Å². The van der Waals surface area contributed by atoms with Crippen LogP contribution in [-0.4, -0.2) is 27.7 Å². The summed E-state index contributed by atoms with van der Waals surface area (Å²) >= 11 is 0. The van der Waals surface area contributed by atoms with E-state index in [0.29, 0.717) is 13.0 Å². The molecule has 0 aromatic carbocycles. The van der Waals surface area contributed by atoms with Gasteiger partial charge in [-0.25, -0.2) is 4.39 Å². The fourth-order valence-electron chi connectivity index (χ4n) is 2.84. The maximum Gasteiger partial charge on any atom is 0.135 e. The highest BCUT2D eigenvalue weighted by molar-refractivity contribution is 5.65. The van der Waals surface area contributed by atoms with Crippen LogP contribution in [0.3, 0.4) is 0 Å². The lowest BCUT2D eigenvalue weighted by Crippen LogP contribution is -2.23. The Hall–Kier alpha value is -1.69. The second-order valence-corrected chi connectivity index (χ2v) is 4.87. The molecular formula is C12H13FN4O. The molecule has 1 atom stereocenters. The van der Waals surface area contributed by atoms with Crippen LogP contribution < -0.4 is 5.32 Å². The zero-order valence-electron chi connectivity index (χ0n) is 9.82. The van der Waals surface area contributed by atoms with Crippen molar-refractivity contribution in [2.45, 2.75) is 32.1 Å². The zero-order chi connectivity index (χ0) is 12.1. The van der Waals surface area contributed by atoms with Crippen LogP contribution in [0.25, 0.3) is 11.4 Å². The highest BCUT2D eigenvalue weighted by Gasteiger charge is 2.30. The summed E-state index contributed by atoms with van der Waals surface area (Å²) in [5.74, 6) is 0. The van der Waals surface area contributed by atoms with Crippen molar-refractivity contribution in [2.24, 2.45) is 0 Å². The van der Waals surface area contributed by atoms with Crippen LogP contribution >= 0.6 is 0 Å². The lowest BCUT2D eigenvalue weighted by atomic mass is 10.0. The van der Waals surface area contributed by atoms with Gasteiger partial charge in [-0.05, 0) is 0 Å². The van der Waals surface area contributed by atoms with Crippen LogP contribution in [0.15, 0.2) is 10.8 Å². The lowest BCUT2D eigenvalue weighted by Gasteiger charge is -2.12. The average Bonchev–Trinajstić information content (AvgIpc) is 2.90. The van der Waals surface area contributed by atoms with E-state index in [4.69, 9.17) is 4.52 Å². The zero-order valence-corrected chi connectivity index (χ0v) is 9.82. The Labute approximate surface area is 103 Å². The van der Waals surface area contributed by atoms with Crippen LogP contribution in [0.5, 0.6) is 0 Å². The fourth-order valence-corrected chi connectivity index (χ4v) is 2.84. The van der Waals surface area contributed by atoms with Crippen molar-refractivity contribution < 1.29 is 8.91 Å². The van der Waals surface area contributed by atoms with Crippen molar-refractivity contribution in [3.63, 3.8) is 0 Å². The third-order valence-electron chi connectivity index (χ3n) is 3.65. The molecule has 0 saturated heterocycles. The van der Waals surface area contributed by atoms with Gasteiger partial charge in [0.15, 0.2) is 0 Å². The van der Waals surface area contributed by atoms with Gasteiger partial charge >= 0.3 is 0 Å². The first kappa shape index (κ1) is 10.3. The summed E-state index contributed by atoms with van der Waals surface area (Å²) in [4.78, 5) is 0. The molecule has 5 nitrogen and oxygen atoms in total. The van der Waals surface area contributed by atoms with Crippen LogP contribution in [0.4, 0.5) is 4.39 Å². The van der Waals surface area contributed by atoms with Crippen molar-refractivity contribution in [1.82, 2.24) is 20.3 Å². The number of halogens is 1. The van der Waals surface area contributed by atoms with Gasteiger partial charge in [-0.1, -0.05) is 5.16 Å². The predicted octanol–water partition coefficient (Wildman–Crippen LogP) is 1.08. The van der Waals surface area contributed by atoms with Gasteiger partial charge in [-0.15, -0.1) is 0 Å². The summed E-state index contributed by atoms with van der Waals surface area (Å²) in [7, 11) is 0. The molecule has 4 rings (SSSR count). The molecule has 1 unspecified atom stereocenters. The lowest BCUT2D eigenvalue weighted by molar-refractivity contribution is 0.286. The first-order valence-corrected chi connectivity index (χ1v) is 6.20. The van der Waals surface area contributed by atoms with Crippen LogP contribution in [0.2, 0.25) is 0 Å². The molecule has 0 spiro atoms. The Kier molecular flexibility index (Phi) is 2.08. The number of aromatic nitrogens is 3. The molecule has 0 amide bonds. The fraction of sp³-hybridized carbons (Fsp3) is 0.500. The standard InChI is InChI=1S/C12H13FN4O/c13-8-3-7-6-18-16-11(7)12-9-4-14-2-1-10(9)15-17(12)5-8/h6,8,14H,1-5H2. The van der Waals surface area contributed by atoms with E-state index in [2.05, 4.69) is 15.6 Å². The van der Waals surface area contributed by atoms with E-state index in [1.54, 1.807) is 10.9 Å². The minimum atomic E-state index is -0.932. The minimum Gasteiger partial charge on any atom is -0.364 e. The molecule has 2 aliphatic heterocycles. The number of nitrogens with one attached hydrogen (secondary N) is 1. The maximum atomic E-state index is 13.9. The number of fused-ring (bicyclic) bond motifs is 5. The maximum absolute atomic E-state index is 13.9. The molecule has 0 bridgehead atoms.